The lowest BCUT2D eigenvalue weighted by molar-refractivity contribution is -0.680. The van der Waals surface area contributed by atoms with Crippen molar-refractivity contribution >= 4 is 0 Å². The highest BCUT2D eigenvalue weighted by Gasteiger charge is 2.29. The van der Waals surface area contributed by atoms with Gasteiger partial charge in [0.1, 0.15) is 0 Å². The molecule has 6 heteroatoms. The SMILES string of the molecule is NCC(O)c1c(=O)o[nH][n+]1-c1ccccc1. The Bertz CT molecular complexity index is 518. The second kappa shape index (κ2) is 4.30. The Kier molecular flexibility index (Phi) is 2.84. The second-order valence-electron chi connectivity index (χ2n) is 3.29. The lowest BCUT2D eigenvalue weighted by Gasteiger charge is -1.99. The summed E-state index contributed by atoms with van der Waals surface area (Å²) in [5.41, 5.74) is 5.48. The Hall–Kier alpha value is -1.92. The van der Waals surface area contributed by atoms with E-state index in [1.165, 1.54) is 4.68 Å². The van der Waals surface area contributed by atoms with Gasteiger partial charge in [0, 0.05) is 18.7 Å². The van der Waals surface area contributed by atoms with Crippen LogP contribution in [0.2, 0.25) is 0 Å². The molecule has 1 atom stereocenters. The number of para-hydroxylation sites is 1. The first-order chi connectivity index (χ1) is 7.74. The van der Waals surface area contributed by atoms with Crippen LogP contribution in [-0.4, -0.2) is 16.9 Å². The van der Waals surface area contributed by atoms with E-state index in [-0.39, 0.29) is 12.2 Å². The molecule has 0 aliphatic carbocycles. The first kappa shape index (κ1) is 10.6. The van der Waals surface area contributed by atoms with Crippen molar-refractivity contribution in [1.29, 1.82) is 0 Å². The number of hydrogen-bond donors (Lipinski definition) is 3. The molecule has 0 fully saturated rings. The molecule has 1 aromatic heterocycles. The monoisotopic (exact) mass is 222 g/mol. The molecule has 0 radical (unpaired) electrons. The number of hydrogen-bond acceptors (Lipinski definition) is 4. The molecule has 6 nitrogen and oxygen atoms in total. The van der Waals surface area contributed by atoms with Crippen molar-refractivity contribution in [3.8, 4) is 5.69 Å². The van der Waals surface area contributed by atoms with E-state index in [1.807, 2.05) is 18.2 Å². The molecule has 1 heterocycles. The minimum atomic E-state index is -1.05. The van der Waals surface area contributed by atoms with Crippen LogP contribution < -0.4 is 16.0 Å². The predicted octanol–water partition coefficient (Wildman–Crippen LogP) is -0.763. The maximum absolute atomic E-state index is 11.4. The average Bonchev–Trinajstić information content (AvgIpc) is 2.71. The van der Waals surface area contributed by atoms with Crippen molar-refractivity contribution in [2.75, 3.05) is 6.54 Å². The van der Waals surface area contributed by atoms with E-state index in [0.717, 1.165) is 0 Å². The van der Waals surface area contributed by atoms with Crippen LogP contribution in [-0.2, 0) is 0 Å². The van der Waals surface area contributed by atoms with Crippen molar-refractivity contribution in [2.24, 2.45) is 5.73 Å². The Morgan fingerprint density at radius 1 is 1.44 bits per heavy atom. The van der Waals surface area contributed by atoms with Crippen LogP contribution >= 0.6 is 0 Å². The normalized spacial score (nSPS) is 12.6. The van der Waals surface area contributed by atoms with Gasteiger partial charge in [0.25, 0.3) is 0 Å². The first-order valence-electron chi connectivity index (χ1n) is 4.81. The molecular weight excluding hydrogens is 210 g/mol. The van der Waals surface area contributed by atoms with E-state index in [1.54, 1.807) is 12.1 Å². The third-order valence-corrected chi connectivity index (χ3v) is 2.23. The van der Waals surface area contributed by atoms with E-state index in [2.05, 4.69) is 9.79 Å². The Morgan fingerprint density at radius 3 is 2.75 bits per heavy atom. The van der Waals surface area contributed by atoms with E-state index in [9.17, 15) is 9.90 Å². The fourth-order valence-corrected chi connectivity index (χ4v) is 1.45. The molecule has 0 spiro atoms. The fourth-order valence-electron chi connectivity index (χ4n) is 1.45. The summed E-state index contributed by atoms with van der Waals surface area (Å²) in [4.78, 5) is 11.4. The summed E-state index contributed by atoms with van der Waals surface area (Å²) in [5, 5.41) is 12.0. The number of aromatic nitrogens is 2. The molecule has 1 unspecified atom stereocenters. The van der Waals surface area contributed by atoms with Crippen LogP contribution in [0.3, 0.4) is 0 Å². The van der Waals surface area contributed by atoms with Crippen molar-refractivity contribution in [3.63, 3.8) is 0 Å². The highest BCUT2D eigenvalue weighted by atomic mass is 16.5. The van der Waals surface area contributed by atoms with Gasteiger partial charge >= 0.3 is 11.3 Å². The zero-order chi connectivity index (χ0) is 11.5. The highest BCUT2D eigenvalue weighted by Crippen LogP contribution is 2.04. The van der Waals surface area contributed by atoms with Crippen LogP contribution in [0.4, 0.5) is 0 Å². The first-order valence-corrected chi connectivity index (χ1v) is 4.81. The number of benzene rings is 1. The Morgan fingerprint density at radius 2 is 2.12 bits per heavy atom. The van der Waals surface area contributed by atoms with E-state index < -0.39 is 11.7 Å². The van der Waals surface area contributed by atoms with Crippen LogP contribution in [0.25, 0.3) is 5.69 Å². The molecule has 0 bridgehead atoms. The van der Waals surface area contributed by atoms with Crippen LogP contribution in [0, 0.1) is 0 Å². The van der Waals surface area contributed by atoms with Gasteiger partial charge in [-0.2, -0.15) is 0 Å². The summed E-state index contributed by atoms with van der Waals surface area (Å²) < 4.78 is 6.01. The molecule has 16 heavy (non-hydrogen) atoms. The smallest absolute Gasteiger partial charge is 0.380 e. The maximum Gasteiger partial charge on any atom is 0.433 e. The number of nitrogens with zero attached hydrogens (tertiary/aromatic N) is 1. The number of aromatic amines is 1. The Balaban J connectivity index is 2.55. The van der Waals surface area contributed by atoms with Gasteiger partial charge < -0.3 is 10.8 Å². The van der Waals surface area contributed by atoms with E-state index >= 15 is 0 Å². The van der Waals surface area contributed by atoms with Crippen LogP contribution in [0.5, 0.6) is 0 Å². The largest absolute Gasteiger partial charge is 0.433 e. The van der Waals surface area contributed by atoms with Gasteiger partial charge in [-0.25, -0.2) is 4.79 Å². The summed E-state index contributed by atoms with van der Waals surface area (Å²) in [5.74, 6) is 0. The van der Waals surface area contributed by atoms with Crippen LogP contribution in [0.15, 0.2) is 39.6 Å². The zero-order valence-corrected chi connectivity index (χ0v) is 8.46. The molecule has 0 saturated heterocycles. The average molecular weight is 222 g/mol. The molecular formula is C10H12N3O3+. The topological polar surface area (TPSA) is 96.1 Å². The summed E-state index contributed by atoms with van der Waals surface area (Å²) in [6.45, 7) is -0.0462. The summed E-state index contributed by atoms with van der Waals surface area (Å²) >= 11 is 0. The summed E-state index contributed by atoms with van der Waals surface area (Å²) in [6, 6.07) is 9.02. The van der Waals surface area contributed by atoms with Gasteiger partial charge in [0.2, 0.25) is 5.69 Å². The molecule has 0 aliphatic rings. The van der Waals surface area contributed by atoms with Gasteiger partial charge in [0.15, 0.2) is 6.10 Å². The van der Waals surface area contributed by atoms with Gasteiger partial charge in [-0.1, -0.05) is 18.2 Å². The number of nitrogens with two attached hydrogens (primary N) is 1. The third kappa shape index (κ3) is 1.75. The predicted molar refractivity (Wildman–Crippen MR) is 54.9 cm³/mol. The number of rotatable bonds is 3. The lowest BCUT2D eigenvalue weighted by atomic mass is 10.2. The standard InChI is InChI=1S/C10H11N3O3/c11-6-8(14)9-10(15)16-12-13(9)7-4-2-1-3-5-7/h1-5,8,14H,6,11H2/p+1. The molecule has 0 aliphatic heterocycles. The van der Waals surface area contributed by atoms with E-state index in [0.29, 0.717) is 5.69 Å². The van der Waals surface area contributed by atoms with E-state index in [4.69, 9.17) is 5.73 Å². The van der Waals surface area contributed by atoms with Gasteiger partial charge in [-0.15, -0.1) is 0 Å². The number of H-pyrrole nitrogens is 1. The van der Waals surface area contributed by atoms with Crippen molar-refractivity contribution in [1.82, 2.24) is 5.27 Å². The molecule has 4 N–H and O–H groups in total. The summed E-state index contributed by atoms with van der Waals surface area (Å²) in [6.07, 6.45) is -1.05. The third-order valence-electron chi connectivity index (χ3n) is 2.23. The van der Waals surface area contributed by atoms with Crippen molar-refractivity contribution < 1.29 is 14.3 Å². The number of nitrogens with one attached hydrogen (secondary N) is 1. The maximum atomic E-state index is 11.4. The number of aliphatic hydroxyl groups is 1. The van der Waals surface area contributed by atoms with Gasteiger partial charge in [0.05, 0.1) is 0 Å². The quantitative estimate of drug-likeness (QED) is 0.594. The Labute approximate surface area is 90.9 Å². The van der Waals surface area contributed by atoms with Crippen molar-refractivity contribution in [3.05, 3.63) is 46.4 Å². The van der Waals surface area contributed by atoms with Crippen molar-refractivity contribution in [2.45, 2.75) is 6.10 Å². The minimum absolute atomic E-state index is 0.0462. The molecule has 2 aromatic rings. The molecule has 0 saturated carbocycles. The molecule has 84 valence electrons. The fraction of sp³-hybridized carbons (Fsp3) is 0.200. The minimum Gasteiger partial charge on any atom is -0.380 e. The second-order valence-corrected chi connectivity index (χ2v) is 3.29. The number of aliphatic hydroxyl groups excluding tert-OH is 1. The highest BCUT2D eigenvalue weighted by molar-refractivity contribution is 5.21. The van der Waals surface area contributed by atoms with Gasteiger partial charge in [-0.05, 0) is 9.95 Å². The van der Waals surface area contributed by atoms with Gasteiger partial charge in [-0.3, -0.25) is 4.52 Å². The molecule has 0 amide bonds. The molecule has 2 rings (SSSR count). The zero-order valence-electron chi connectivity index (χ0n) is 8.46. The van der Waals surface area contributed by atoms with Crippen LogP contribution in [0.1, 0.15) is 11.8 Å². The lowest BCUT2D eigenvalue weighted by Crippen LogP contribution is -2.41. The summed E-state index contributed by atoms with van der Waals surface area (Å²) in [7, 11) is 0. The molecule has 1 aromatic carbocycles.